The maximum absolute atomic E-state index is 14.0. The Kier molecular flexibility index (Phi) is 7.49. The molecule has 3 rings (SSSR count). The van der Waals surface area contributed by atoms with Crippen molar-refractivity contribution in [3.05, 3.63) is 34.9 Å². The molecule has 1 amide bonds. The van der Waals surface area contributed by atoms with Crippen molar-refractivity contribution in [3.63, 3.8) is 0 Å². The van der Waals surface area contributed by atoms with Crippen LogP contribution in [0.2, 0.25) is 5.02 Å². The van der Waals surface area contributed by atoms with Gasteiger partial charge in [-0.05, 0) is 57.7 Å². The first-order chi connectivity index (χ1) is 14.4. The van der Waals surface area contributed by atoms with Crippen LogP contribution in [0.25, 0.3) is 0 Å². The van der Waals surface area contributed by atoms with Gasteiger partial charge in [0.15, 0.2) is 0 Å². The van der Waals surface area contributed by atoms with Gasteiger partial charge in [-0.25, -0.2) is 13.6 Å². The number of ether oxygens (including phenoxy) is 2. The van der Waals surface area contributed by atoms with Crippen LogP contribution in [-0.2, 0) is 15.9 Å². The number of nitrogens with zero attached hydrogens (tertiary/aromatic N) is 2. The molecule has 2 atom stereocenters. The number of piperidine rings is 1. The molecule has 1 aromatic rings. The number of halogens is 3. The Balaban J connectivity index is 1.68. The molecule has 2 aliphatic rings. The van der Waals surface area contributed by atoms with E-state index >= 15 is 0 Å². The highest BCUT2D eigenvalue weighted by molar-refractivity contribution is 6.30. The number of carbonyl (C=O) groups excluding carboxylic acids is 1. The summed E-state index contributed by atoms with van der Waals surface area (Å²) >= 11 is 5.99. The molecular weight excluding hydrogens is 426 g/mol. The smallest absolute Gasteiger partial charge is 0.410 e. The molecule has 0 N–H and O–H groups in total. The van der Waals surface area contributed by atoms with E-state index in [1.54, 1.807) is 4.90 Å². The Morgan fingerprint density at radius 1 is 1.16 bits per heavy atom. The number of hydrogen-bond acceptors (Lipinski definition) is 4. The summed E-state index contributed by atoms with van der Waals surface area (Å²) in [5.41, 5.74) is 0.553. The van der Waals surface area contributed by atoms with Crippen molar-refractivity contribution in [1.82, 2.24) is 9.80 Å². The fourth-order valence-electron chi connectivity index (χ4n) is 4.25. The molecule has 2 saturated heterocycles. The summed E-state index contributed by atoms with van der Waals surface area (Å²) in [6.45, 7) is 7.99. The third kappa shape index (κ3) is 6.77. The van der Waals surface area contributed by atoms with Gasteiger partial charge in [-0.2, -0.15) is 0 Å². The van der Waals surface area contributed by atoms with Crippen LogP contribution in [-0.4, -0.2) is 71.8 Å². The summed E-state index contributed by atoms with van der Waals surface area (Å²) in [5, 5.41) is 0.667. The van der Waals surface area contributed by atoms with Gasteiger partial charge in [-0.15, -0.1) is 0 Å². The predicted molar refractivity (Wildman–Crippen MR) is 117 cm³/mol. The van der Waals surface area contributed by atoms with E-state index < -0.39 is 17.6 Å². The van der Waals surface area contributed by atoms with E-state index in [1.807, 2.05) is 45.0 Å². The average Bonchev–Trinajstić information content (AvgIpc) is 2.68. The van der Waals surface area contributed by atoms with E-state index in [0.717, 1.165) is 25.3 Å². The Hall–Kier alpha value is -1.44. The lowest BCUT2D eigenvalue weighted by atomic mass is 9.95. The summed E-state index contributed by atoms with van der Waals surface area (Å²) in [6.07, 6.45) is 0.698. The van der Waals surface area contributed by atoms with Crippen LogP contribution >= 0.6 is 11.6 Å². The van der Waals surface area contributed by atoms with Crippen LogP contribution in [0, 0.1) is 0 Å². The molecule has 0 aromatic heterocycles. The zero-order valence-corrected chi connectivity index (χ0v) is 19.5. The molecule has 0 bridgehead atoms. The van der Waals surface area contributed by atoms with Crippen molar-refractivity contribution in [3.8, 4) is 0 Å². The van der Waals surface area contributed by atoms with Crippen LogP contribution in [0.5, 0.6) is 0 Å². The number of amides is 1. The maximum atomic E-state index is 14.0. The Labute approximate surface area is 188 Å². The van der Waals surface area contributed by atoms with E-state index in [-0.39, 0.29) is 31.3 Å². The highest BCUT2D eigenvalue weighted by Crippen LogP contribution is 2.31. The number of carbonyl (C=O) groups is 1. The first kappa shape index (κ1) is 24.2. The number of hydrogen-bond donors (Lipinski definition) is 0. The quantitative estimate of drug-likeness (QED) is 0.636. The average molecular weight is 459 g/mol. The summed E-state index contributed by atoms with van der Waals surface area (Å²) in [5.74, 6) is -2.90. The number of morpholine rings is 1. The third-order valence-electron chi connectivity index (χ3n) is 5.87. The van der Waals surface area contributed by atoms with Gasteiger partial charge >= 0.3 is 6.09 Å². The monoisotopic (exact) mass is 458 g/mol. The number of rotatable bonds is 4. The molecule has 1 aromatic carbocycles. The second-order valence-corrected chi connectivity index (χ2v) is 10.1. The van der Waals surface area contributed by atoms with Gasteiger partial charge in [0.25, 0.3) is 5.92 Å². The van der Waals surface area contributed by atoms with Gasteiger partial charge in [0.1, 0.15) is 11.7 Å². The number of benzene rings is 1. The lowest BCUT2D eigenvalue weighted by molar-refractivity contribution is -0.179. The molecule has 8 heteroatoms. The second-order valence-electron chi connectivity index (χ2n) is 9.66. The number of alkyl halides is 2. The normalized spacial score (nSPS) is 24.3. The van der Waals surface area contributed by atoms with Crippen LogP contribution in [0.1, 0.15) is 46.1 Å². The molecule has 31 heavy (non-hydrogen) atoms. The maximum Gasteiger partial charge on any atom is 0.410 e. The largest absolute Gasteiger partial charge is 0.444 e. The zero-order valence-electron chi connectivity index (χ0n) is 18.7. The fraction of sp³-hybridized carbons (Fsp3) is 0.696. The van der Waals surface area contributed by atoms with E-state index in [2.05, 4.69) is 4.90 Å². The van der Waals surface area contributed by atoms with Crippen LogP contribution in [0.15, 0.2) is 24.3 Å². The standard InChI is InChI=1S/C23H33ClF2N2O3/c1-22(2,3)31-21(29)27-11-9-18(10-12-27)28-14-20(23(4,25)26)30-15-19(28)13-16-5-7-17(24)8-6-16/h5-8,18-20H,9-15H2,1-4H3/t19-,20+/m0/s1. The molecule has 2 fully saturated rings. The van der Waals surface area contributed by atoms with E-state index in [1.165, 1.54) is 0 Å². The van der Waals surface area contributed by atoms with Crippen LogP contribution in [0.4, 0.5) is 13.6 Å². The molecule has 2 heterocycles. The van der Waals surface area contributed by atoms with Gasteiger partial charge in [-0.1, -0.05) is 23.7 Å². The number of likely N-dealkylation sites (tertiary alicyclic amines) is 1. The minimum absolute atomic E-state index is 0.00199. The van der Waals surface area contributed by atoms with Crippen molar-refractivity contribution in [2.24, 2.45) is 0 Å². The topological polar surface area (TPSA) is 42.0 Å². The van der Waals surface area contributed by atoms with E-state index in [4.69, 9.17) is 21.1 Å². The minimum atomic E-state index is -2.90. The zero-order chi connectivity index (χ0) is 22.8. The lowest BCUT2D eigenvalue weighted by Gasteiger charge is -2.47. The molecule has 0 saturated carbocycles. The summed E-state index contributed by atoms with van der Waals surface area (Å²) in [7, 11) is 0. The van der Waals surface area contributed by atoms with E-state index in [9.17, 15) is 13.6 Å². The van der Waals surface area contributed by atoms with Gasteiger partial charge < -0.3 is 14.4 Å². The molecule has 0 radical (unpaired) electrons. The first-order valence-corrected chi connectivity index (χ1v) is 11.3. The predicted octanol–water partition coefficient (Wildman–Crippen LogP) is 5.01. The van der Waals surface area contributed by atoms with Crippen LogP contribution in [0.3, 0.4) is 0 Å². The van der Waals surface area contributed by atoms with E-state index in [0.29, 0.717) is 24.5 Å². The highest BCUT2D eigenvalue weighted by Gasteiger charge is 2.44. The molecule has 5 nitrogen and oxygen atoms in total. The summed E-state index contributed by atoms with van der Waals surface area (Å²) in [4.78, 5) is 16.3. The second kappa shape index (κ2) is 9.59. The van der Waals surface area contributed by atoms with Crippen molar-refractivity contribution in [2.45, 2.75) is 76.7 Å². The van der Waals surface area contributed by atoms with Crippen molar-refractivity contribution in [2.75, 3.05) is 26.2 Å². The molecule has 0 spiro atoms. The van der Waals surface area contributed by atoms with Gasteiger partial charge in [0.05, 0.1) is 6.61 Å². The Bertz CT molecular complexity index is 741. The highest BCUT2D eigenvalue weighted by atomic mass is 35.5. The first-order valence-electron chi connectivity index (χ1n) is 10.9. The molecular formula is C23H33ClF2N2O3. The van der Waals surface area contributed by atoms with Gasteiger partial charge in [0.2, 0.25) is 0 Å². The van der Waals surface area contributed by atoms with Gasteiger partial charge in [-0.3, -0.25) is 4.90 Å². The van der Waals surface area contributed by atoms with Crippen molar-refractivity contribution in [1.29, 1.82) is 0 Å². The molecule has 0 aliphatic carbocycles. The molecule has 0 unspecified atom stereocenters. The van der Waals surface area contributed by atoms with Crippen LogP contribution < -0.4 is 0 Å². The minimum Gasteiger partial charge on any atom is -0.444 e. The molecule has 2 aliphatic heterocycles. The summed E-state index contributed by atoms with van der Waals surface area (Å²) < 4.78 is 39.1. The lowest BCUT2D eigenvalue weighted by Crippen LogP contribution is -2.60. The van der Waals surface area contributed by atoms with Crippen molar-refractivity contribution < 1.29 is 23.0 Å². The Morgan fingerprint density at radius 2 is 1.77 bits per heavy atom. The third-order valence-corrected chi connectivity index (χ3v) is 6.12. The Morgan fingerprint density at radius 3 is 2.32 bits per heavy atom. The SMILES string of the molecule is CC(C)(C)OC(=O)N1CCC(N2C[C@H](C(C)(F)F)OC[C@@H]2Cc2ccc(Cl)cc2)CC1. The van der Waals surface area contributed by atoms with Crippen molar-refractivity contribution >= 4 is 17.7 Å². The molecule has 174 valence electrons. The van der Waals surface area contributed by atoms with Gasteiger partial charge in [0, 0.05) is 43.7 Å². The summed E-state index contributed by atoms with van der Waals surface area (Å²) in [6, 6.07) is 7.72. The fourth-order valence-corrected chi connectivity index (χ4v) is 4.37.